The van der Waals surface area contributed by atoms with E-state index in [1.54, 1.807) is 0 Å². The van der Waals surface area contributed by atoms with Crippen LogP contribution in [0, 0.1) is 0 Å². The molecule has 0 amide bonds. The van der Waals surface area contributed by atoms with Gasteiger partial charge in [-0.2, -0.15) is 0 Å². The molecule has 0 unspecified atom stereocenters. The van der Waals surface area contributed by atoms with Crippen molar-refractivity contribution in [3.8, 4) is 0 Å². The summed E-state index contributed by atoms with van der Waals surface area (Å²) in [6, 6.07) is 10.8. The van der Waals surface area contributed by atoms with Crippen molar-refractivity contribution < 1.29 is 0 Å². The van der Waals surface area contributed by atoms with Gasteiger partial charge in [0.25, 0.3) is 0 Å². The Hall–Kier alpha value is -2.30. The number of benzene rings is 1. The number of nitrogens with zero attached hydrogens (tertiary/aromatic N) is 3. The molecule has 0 spiro atoms. The number of aliphatic imine (C=N–C) groups is 1. The molecule has 0 atom stereocenters. The minimum absolute atomic E-state index is 0.135. The lowest BCUT2D eigenvalue weighted by Gasteiger charge is -2.33. The number of rotatable bonds is 9. The lowest BCUT2D eigenvalue weighted by Crippen LogP contribution is -2.45. The van der Waals surface area contributed by atoms with E-state index in [0.29, 0.717) is 0 Å². The number of aromatic nitrogens is 2. The molecule has 5 heteroatoms. The van der Waals surface area contributed by atoms with E-state index in [0.717, 1.165) is 44.9 Å². The Bertz CT molecular complexity index is 615. The summed E-state index contributed by atoms with van der Waals surface area (Å²) in [6.07, 6.45) is 8.87. The van der Waals surface area contributed by atoms with E-state index < -0.39 is 0 Å². The molecule has 0 saturated heterocycles. The van der Waals surface area contributed by atoms with Gasteiger partial charge >= 0.3 is 0 Å². The van der Waals surface area contributed by atoms with Crippen LogP contribution in [0.5, 0.6) is 0 Å². The summed E-state index contributed by atoms with van der Waals surface area (Å²) in [5, 5.41) is 6.93. The second kappa shape index (κ2) is 9.87. The van der Waals surface area contributed by atoms with Crippen LogP contribution >= 0.6 is 0 Å². The van der Waals surface area contributed by atoms with Crippen LogP contribution in [0.25, 0.3) is 0 Å². The van der Waals surface area contributed by atoms with Crippen LogP contribution in [0.2, 0.25) is 0 Å². The molecule has 0 fully saturated rings. The molecule has 0 radical (unpaired) electrons. The summed E-state index contributed by atoms with van der Waals surface area (Å²) < 4.78 is 2.09. The molecule has 2 aromatic rings. The van der Waals surface area contributed by atoms with E-state index in [1.165, 1.54) is 5.56 Å². The molecule has 2 rings (SSSR count). The topological polar surface area (TPSA) is 54.2 Å². The van der Waals surface area contributed by atoms with Crippen LogP contribution in [-0.2, 0) is 12.0 Å². The minimum atomic E-state index is 0.135. The molecule has 1 heterocycles. The average Bonchev–Trinajstić information content (AvgIpc) is 3.19. The molecule has 0 bridgehead atoms. The van der Waals surface area contributed by atoms with Crippen LogP contribution in [0.1, 0.15) is 38.7 Å². The highest BCUT2D eigenvalue weighted by molar-refractivity contribution is 5.79. The van der Waals surface area contributed by atoms with Gasteiger partial charge in [-0.15, -0.1) is 0 Å². The average molecular weight is 342 g/mol. The van der Waals surface area contributed by atoms with Gasteiger partial charge in [-0.1, -0.05) is 44.2 Å². The number of imidazole rings is 1. The van der Waals surface area contributed by atoms with Crippen molar-refractivity contribution in [2.45, 2.75) is 45.1 Å². The largest absolute Gasteiger partial charge is 0.356 e. The zero-order valence-corrected chi connectivity index (χ0v) is 15.7. The molecular weight excluding hydrogens is 310 g/mol. The lowest BCUT2D eigenvalue weighted by atomic mass is 9.76. The first-order valence-electron chi connectivity index (χ1n) is 9.20. The van der Waals surface area contributed by atoms with Crippen molar-refractivity contribution in [1.82, 2.24) is 20.2 Å². The van der Waals surface area contributed by atoms with Crippen molar-refractivity contribution in [1.29, 1.82) is 0 Å². The van der Waals surface area contributed by atoms with Crippen molar-refractivity contribution in [2.24, 2.45) is 4.99 Å². The SMILES string of the molecule is CCC(CC)(CNC(=NC)NCCCn1ccnc1)c1ccccc1. The van der Waals surface area contributed by atoms with Gasteiger partial charge in [-0.05, 0) is 24.8 Å². The van der Waals surface area contributed by atoms with Gasteiger partial charge in [0.1, 0.15) is 0 Å². The normalized spacial score (nSPS) is 12.2. The Morgan fingerprint density at radius 3 is 2.52 bits per heavy atom. The van der Waals surface area contributed by atoms with Gasteiger partial charge in [0.2, 0.25) is 0 Å². The maximum atomic E-state index is 4.36. The fourth-order valence-corrected chi connectivity index (χ4v) is 3.16. The maximum Gasteiger partial charge on any atom is 0.191 e. The quantitative estimate of drug-likeness (QED) is 0.418. The van der Waals surface area contributed by atoms with E-state index in [9.17, 15) is 0 Å². The second-order valence-electron chi connectivity index (χ2n) is 6.36. The van der Waals surface area contributed by atoms with E-state index in [1.807, 2.05) is 25.8 Å². The van der Waals surface area contributed by atoms with Gasteiger partial charge in [0.05, 0.1) is 6.33 Å². The Labute approximate surface area is 151 Å². The predicted molar refractivity (Wildman–Crippen MR) is 105 cm³/mol. The first kappa shape index (κ1) is 19.0. The van der Waals surface area contributed by atoms with Gasteiger partial charge in [0.15, 0.2) is 5.96 Å². The Kier molecular flexibility index (Phi) is 7.51. The summed E-state index contributed by atoms with van der Waals surface area (Å²) in [5.74, 6) is 0.868. The van der Waals surface area contributed by atoms with Crippen LogP contribution in [-0.4, -0.2) is 35.6 Å². The summed E-state index contributed by atoms with van der Waals surface area (Å²) in [6.45, 7) is 7.25. The molecule has 1 aromatic carbocycles. The standard InChI is InChI=1S/C20H31N5/c1-4-20(5-2,18-10-7-6-8-11-18)16-24-19(21-3)23-12-9-14-25-15-13-22-17-25/h6-8,10-11,13,15,17H,4-5,9,12,14,16H2,1-3H3,(H2,21,23,24). The Morgan fingerprint density at radius 1 is 1.16 bits per heavy atom. The molecule has 136 valence electrons. The second-order valence-corrected chi connectivity index (χ2v) is 6.36. The molecule has 0 aliphatic heterocycles. The van der Waals surface area contributed by atoms with Crippen molar-refractivity contribution in [2.75, 3.05) is 20.1 Å². The Balaban J connectivity index is 1.85. The molecule has 0 saturated carbocycles. The maximum absolute atomic E-state index is 4.36. The van der Waals surface area contributed by atoms with Crippen LogP contribution in [0.3, 0.4) is 0 Å². The van der Waals surface area contributed by atoms with E-state index in [-0.39, 0.29) is 5.41 Å². The van der Waals surface area contributed by atoms with Crippen molar-refractivity contribution in [3.63, 3.8) is 0 Å². The van der Waals surface area contributed by atoms with Crippen molar-refractivity contribution in [3.05, 3.63) is 54.6 Å². The fraction of sp³-hybridized carbons (Fsp3) is 0.500. The highest BCUT2D eigenvalue weighted by atomic mass is 15.2. The fourth-order valence-electron chi connectivity index (χ4n) is 3.16. The molecule has 5 nitrogen and oxygen atoms in total. The number of guanidine groups is 1. The van der Waals surface area contributed by atoms with Crippen LogP contribution in [0.15, 0.2) is 54.0 Å². The summed E-state index contributed by atoms with van der Waals surface area (Å²) in [5.41, 5.74) is 1.53. The number of nitrogens with one attached hydrogen (secondary N) is 2. The number of hydrogen-bond acceptors (Lipinski definition) is 2. The third-order valence-corrected chi connectivity index (χ3v) is 5.00. The van der Waals surface area contributed by atoms with Gasteiger partial charge in [0, 0.05) is 44.5 Å². The van der Waals surface area contributed by atoms with E-state index >= 15 is 0 Å². The van der Waals surface area contributed by atoms with Gasteiger partial charge < -0.3 is 15.2 Å². The molecule has 25 heavy (non-hydrogen) atoms. The summed E-state index contributed by atoms with van der Waals surface area (Å²) in [7, 11) is 1.83. The summed E-state index contributed by atoms with van der Waals surface area (Å²) in [4.78, 5) is 8.43. The molecule has 2 N–H and O–H groups in total. The first-order chi connectivity index (χ1) is 12.2. The zero-order chi connectivity index (χ0) is 18.0. The van der Waals surface area contributed by atoms with Crippen molar-refractivity contribution >= 4 is 5.96 Å². The molecule has 1 aromatic heterocycles. The predicted octanol–water partition coefficient (Wildman–Crippen LogP) is 3.20. The third kappa shape index (κ3) is 5.34. The minimum Gasteiger partial charge on any atom is -0.356 e. The highest BCUT2D eigenvalue weighted by Crippen LogP contribution is 2.30. The van der Waals surface area contributed by atoms with Crippen LogP contribution in [0.4, 0.5) is 0 Å². The molecule has 0 aliphatic carbocycles. The monoisotopic (exact) mass is 341 g/mol. The number of hydrogen-bond donors (Lipinski definition) is 2. The third-order valence-electron chi connectivity index (χ3n) is 5.00. The van der Waals surface area contributed by atoms with E-state index in [2.05, 4.69) is 69.4 Å². The lowest BCUT2D eigenvalue weighted by molar-refractivity contribution is 0.389. The molecule has 0 aliphatic rings. The Morgan fingerprint density at radius 2 is 1.92 bits per heavy atom. The smallest absolute Gasteiger partial charge is 0.191 e. The molecular formula is C20H31N5. The zero-order valence-electron chi connectivity index (χ0n) is 15.7. The highest BCUT2D eigenvalue weighted by Gasteiger charge is 2.28. The van der Waals surface area contributed by atoms with Crippen LogP contribution < -0.4 is 10.6 Å². The van der Waals surface area contributed by atoms with E-state index in [4.69, 9.17) is 0 Å². The summed E-state index contributed by atoms with van der Waals surface area (Å²) >= 11 is 0. The van der Waals surface area contributed by atoms with Gasteiger partial charge in [-0.3, -0.25) is 4.99 Å². The number of aryl methyl sites for hydroxylation is 1. The first-order valence-corrected chi connectivity index (χ1v) is 9.20. The van der Waals surface area contributed by atoms with Gasteiger partial charge in [-0.25, -0.2) is 4.98 Å².